The predicted octanol–water partition coefficient (Wildman–Crippen LogP) is 3.92. The minimum absolute atomic E-state index is 0.632. The molecule has 0 amide bonds. The van der Waals surface area contributed by atoms with Crippen LogP contribution in [0.1, 0.15) is 43.0 Å². The predicted molar refractivity (Wildman–Crippen MR) is 78.2 cm³/mol. The molecule has 3 nitrogen and oxygen atoms in total. The van der Waals surface area contributed by atoms with Gasteiger partial charge in [0, 0.05) is 11.9 Å². The topological polar surface area (TPSA) is 29.9 Å². The summed E-state index contributed by atoms with van der Waals surface area (Å²) in [5, 5.41) is 8.15. The monoisotopic (exact) mass is 255 g/mol. The molecule has 0 radical (unpaired) electrons. The first-order valence-corrected chi connectivity index (χ1v) is 7.16. The zero-order valence-electron chi connectivity index (χ0n) is 11.5. The van der Waals surface area contributed by atoms with Crippen molar-refractivity contribution >= 4 is 5.69 Å². The van der Waals surface area contributed by atoms with E-state index in [1.165, 1.54) is 36.9 Å². The number of aromatic nitrogens is 2. The van der Waals surface area contributed by atoms with Gasteiger partial charge in [0.05, 0.1) is 18.3 Å². The maximum atomic E-state index is 4.69. The summed E-state index contributed by atoms with van der Waals surface area (Å²) in [6.45, 7) is 2.92. The fourth-order valence-corrected chi connectivity index (χ4v) is 2.80. The molecule has 1 fully saturated rings. The van der Waals surface area contributed by atoms with Crippen molar-refractivity contribution in [3.05, 3.63) is 47.8 Å². The van der Waals surface area contributed by atoms with E-state index in [0.29, 0.717) is 6.04 Å². The number of nitrogens with zero attached hydrogens (tertiary/aromatic N) is 2. The van der Waals surface area contributed by atoms with Gasteiger partial charge >= 0.3 is 0 Å². The van der Waals surface area contributed by atoms with E-state index in [0.717, 1.165) is 12.2 Å². The molecule has 1 aromatic carbocycles. The van der Waals surface area contributed by atoms with Crippen LogP contribution in [0.2, 0.25) is 0 Å². The Morgan fingerprint density at radius 3 is 2.79 bits per heavy atom. The summed E-state index contributed by atoms with van der Waals surface area (Å²) in [6.07, 6.45) is 7.40. The van der Waals surface area contributed by atoms with Crippen LogP contribution in [-0.2, 0) is 6.54 Å². The highest BCUT2D eigenvalue weighted by Gasteiger charge is 2.17. The normalized spacial score (nSPS) is 15.8. The van der Waals surface area contributed by atoms with Gasteiger partial charge in [-0.05, 0) is 37.5 Å². The Kier molecular flexibility index (Phi) is 3.53. The van der Waals surface area contributed by atoms with Crippen LogP contribution in [0.25, 0.3) is 0 Å². The van der Waals surface area contributed by atoms with Crippen LogP contribution < -0.4 is 5.32 Å². The highest BCUT2D eigenvalue weighted by Crippen LogP contribution is 2.28. The Hall–Kier alpha value is -1.77. The van der Waals surface area contributed by atoms with Crippen LogP contribution in [0.4, 0.5) is 5.69 Å². The van der Waals surface area contributed by atoms with Gasteiger partial charge in [0.15, 0.2) is 0 Å². The lowest BCUT2D eigenvalue weighted by atomic mass is 10.2. The number of hydrogen-bond donors (Lipinski definition) is 1. The molecule has 0 atom stereocenters. The molecule has 1 aliphatic rings. The average Bonchev–Trinajstić information content (AvgIpc) is 3.09. The lowest BCUT2D eigenvalue weighted by Gasteiger charge is -2.10. The Labute approximate surface area is 114 Å². The van der Waals surface area contributed by atoms with E-state index in [2.05, 4.69) is 53.5 Å². The number of benzene rings is 1. The maximum absolute atomic E-state index is 4.69. The molecule has 2 aromatic rings. The molecule has 1 aromatic heterocycles. The third-order valence-electron chi connectivity index (χ3n) is 3.97. The Morgan fingerprint density at radius 1 is 1.21 bits per heavy atom. The SMILES string of the molecule is Cc1ccccc1NCc1ccn(C2CCCC2)n1. The van der Waals surface area contributed by atoms with Gasteiger partial charge in [-0.2, -0.15) is 5.10 Å². The Bertz CT molecular complexity index is 538. The molecule has 0 saturated heterocycles. The van der Waals surface area contributed by atoms with E-state index in [-0.39, 0.29) is 0 Å². The van der Waals surface area contributed by atoms with Crippen molar-refractivity contribution in [2.75, 3.05) is 5.32 Å². The third-order valence-corrected chi connectivity index (χ3v) is 3.97. The van der Waals surface area contributed by atoms with Crippen molar-refractivity contribution in [2.24, 2.45) is 0 Å². The van der Waals surface area contributed by atoms with E-state index in [1.54, 1.807) is 0 Å². The zero-order chi connectivity index (χ0) is 13.1. The van der Waals surface area contributed by atoms with E-state index >= 15 is 0 Å². The largest absolute Gasteiger partial charge is 0.379 e. The van der Waals surface area contributed by atoms with Crippen LogP contribution in [0, 0.1) is 6.92 Å². The average molecular weight is 255 g/mol. The van der Waals surface area contributed by atoms with Crippen molar-refractivity contribution in [3.8, 4) is 0 Å². The number of para-hydroxylation sites is 1. The van der Waals surface area contributed by atoms with Gasteiger partial charge in [0.1, 0.15) is 0 Å². The summed E-state index contributed by atoms with van der Waals surface area (Å²) in [5.74, 6) is 0. The van der Waals surface area contributed by atoms with Gasteiger partial charge in [0.25, 0.3) is 0 Å². The first-order chi connectivity index (χ1) is 9.33. The molecular weight excluding hydrogens is 234 g/mol. The van der Waals surface area contributed by atoms with Crippen LogP contribution in [-0.4, -0.2) is 9.78 Å². The smallest absolute Gasteiger partial charge is 0.0815 e. The maximum Gasteiger partial charge on any atom is 0.0815 e. The number of rotatable bonds is 4. The van der Waals surface area contributed by atoms with E-state index in [9.17, 15) is 0 Å². The van der Waals surface area contributed by atoms with Crippen molar-refractivity contribution < 1.29 is 0 Å². The molecule has 19 heavy (non-hydrogen) atoms. The second kappa shape index (κ2) is 5.47. The second-order valence-electron chi connectivity index (χ2n) is 5.39. The summed E-state index contributed by atoms with van der Waals surface area (Å²) in [7, 11) is 0. The fraction of sp³-hybridized carbons (Fsp3) is 0.438. The van der Waals surface area contributed by atoms with Gasteiger partial charge < -0.3 is 5.32 Å². The summed E-state index contributed by atoms with van der Waals surface area (Å²) in [6, 6.07) is 11.1. The standard InChI is InChI=1S/C16H21N3/c1-13-6-2-5-9-16(13)17-12-14-10-11-19(18-14)15-7-3-4-8-15/h2,5-6,9-11,15,17H,3-4,7-8,12H2,1H3. The molecule has 3 heteroatoms. The lowest BCUT2D eigenvalue weighted by Crippen LogP contribution is -2.07. The van der Waals surface area contributed by atoms with Gasteiger partial charge in [-0.25, -0.2) is 0 Å². The minimum atomic E-state index is 0.632. The third kappa shape index (κ3) is 2.80. The lowest BCUT2D eigenvalue weighted by molar-refractivity contribution is 0.463. The Balaban J connectivity index is 1.63. The summed E-state index contributed by atoms with van der Waals surface area (Å²) in [4.78, 5) is 0. The van der Waals surface area contributed by atoms with Crippen molar-refractivity contribution in [3.63, 3.8) is 0 Å². The molecule has 1 N–H and O–H groups in total. The number of aryl methyl sites for hydroxylation is 1. The van der Waals surface area contributed by atoms with E-state index < -0.39 is 0 Å². The molecule has 0 bridgehead atoms. The summed E-state index contributed by atoms with van der Waals surface area (Å²) in [5.41, 5.74) is 3.59. The van der Waals surface area contributed by atoms with Gasteiger partial charge in [0.2, 0.25) is 0 Å². The van der Waals surface area contributed by atoms with Crippen LogP contribution in [0.15, 0.2) is 36.5 Å². The summed E-state index contributed by atoms with van der Waals surface area (Å²) < 4.78 is 2.15. The van der Waals surface area contributed by atoms with Gasteiger partial charge in [-0.15, -0.1) is 0 Å². The Morgan fingerprint density at radius 2 is 2.00 bits per heavy atom. The summed E-state index contributed by atoms with van der Waals surface area (Å²) >= 11 is 0. The molecule has 0 spiro atoms. The molecule has 0 unspecified atom stereocenters. The molecule has 100 valence electrons. The van der Waals surface area contributed by atoms with Gasteiger partial charge in [-0.1, -0.05) is 31.0 Å². The quantitative estimate of drug-likeness (QED) is 0.897. The van der Waals surface area contributed by atoms with E-state index in [4.69, 9.17) is 5.10 Å². The highest BCUT2D eigenvalue weighted by molar-refractivity contribution is 5.50. The first-order valence-electron chi connectivity index (χ1n) is 7.16. The minimum Gasteiger partial charge on any atom is -0.379 e. The molecular formula is C16H21N3. The van der Waals surface area contributed by atoms with Gasteiger partial charge in [-0.3, -0.25) is 4.68 Å². The van der Waals surface area contributed by atoms with Crippen LogP contribution in [0.5, 0.6) is 0 Å². The zero-order valence-corrected chi connectivity index (χ0v) is 11.5. The molecule has 1 aliphatic carbocycles. The fourth-order valence-electron chi connectivity index (χ4n) is 2.80. The first kappa shape index (κ1) is 12.3. The molecule has 1 saturated carbocycles. The number of hydrogen-bond acceptors (Lipinski definition) is 2. The molecule has 0 aliphatic heterocycles. The highest BCUT2D eigenvalue weighted by atomic mass is 15.3. The van der Waals surface area contributed by atoms with E-state index in [1.807, 2.05) is 0 Å². The van der Waals surface area contributed by atoms with Crippen LogP contribution in [0.3, 0.4) is 0 Å². The number of anilines is 1. The second-order valence-corrected chi connectivity index (χ2v) is 5.39. The van der Waals surface area contributed by atoms with Crippen molar-refractivity contribution in [1.82, 2.24) is 9.78 Å². The molecule has 1 heterocycles. The van der Waals surface area contributed by atoms with Crippen molar-refractivity contribution in [1.29, 1.82) is 0 Å². The molecule has 3 rings (SSSR count). The van der Waals surface area contributed by atoms with Crippen molar-refractivity contribution in [2.45, 2.75) is 45.2 Å². The van der Waals surface area contributed by atoms with Crippen LogP contribution >= 0.6 is 0 Å². The number of nitrogens with one attached hydrogen (secondary N) is 1.